The highest BCUT2D eigenvalue weighted by Gasteiger charge is 2.27. The van der Waals surface area contributed by atoms with Crippen LogP contribution in [0.4, 0.5) is 10.7 Å². The van der Waals surface area contributed by atoms with Crippen molar-refractivity contribution >= 4 is 33.8 Å². The second-order valence-corrected chi connectivity index (χ2v) is 8.61. The Kier molecular flexibility index (Phi) is 6.66. The van der Waals surface area contributed by atoms with Crippen LogP contribution < -0.4 is 15.4 Å². The average Bonchev–Trinajstić information content (AvgIpc) is 3.12. The number of hydrogen-bond donors (Lipinski definition) is 2. The summed E-state index contributed by atoms with van der Waals surface area (Å²) in [5.41, 5.74) is 2.28. The van der Waals surface area contributed by atoms with Gasteiger partial charge in [0.25, 0.3) is 5.91 Å². The Bertz CT molecular complexity index is 921. The first kappa shape index (κ1) is 20.8. The SMILES string of the molecule is COc1ccccc1NC(=O)c1c(NC(=O)CN2CCOCC2)sc2c1CCCC2. The first-order valence-electron chi connectivity index (χ1n) is 10.3. The maximum atomic E-state index is 13.3. The standard InChI is InChI=1S/C22H27N3O4S/c1-28-17-8-4-3-7-16(17)23-21(27)20-15-6-2-5-9-18(15)30-22(20)24-19(26)14-25-10-12-29-13-11-25/h3-4,7-8H,2,5-6,9-14H2,1H3,(H,23,27)(H,24,26). The van der Waals surface area contributed by atoms with Crippen molar-refractivity contribution in [2.24, 2.45) is 0 Å². The largest absolute Gasteiger partial charge is 0.495 e. The van der Waals surface area contributed by atoms with Crippen molar-refractivity contribution in [3.05, 3.63) is 40.3 Å². The third-order valence-electron chi connectivity index (χ3n) is 5.48. The molecule has 0 radical (unpaired) electrons. The van der Waals surface area contributed by atoms with Gasteiger partial charge >= 0.3 is 0 Å². The molecule has 0 saturated carbocycles. The summed E-state index contributed by atoms with van der Waals surface area (Å²) in [6.07, 6.45) is 3.98. The molecule has 2 aromatic rings. The third kappa shape index (κ3) is 4.66. The Hall–Kier alpha value is -2.42. The molecule has 2 amide bonds. The lowest BCUT2D eigenvalue weighted by atomic mass is 9.95. The van der Waals surface area contributed by atoms with Gasteiger partial charge in [0, 0.05) is 18.0 Å². The van der Waals surface area contributed by atoms with Crippen molar-refractivity contribution in [3.63, 3.8) is 0 Å². The number of nitrogens with zero attached hydrogens (tertiary/aromatic N) is 1. The van der Waals surface area contributed by atoms with E-state index >= 15 is 0 Å². The van der Waals surface area contributed by atoms with Gasteiger partial charge in [-0.25, -0.2) is 0 Å². The molecule has 160 valence electrons. The molecule has 7 nitrogen and oxygen atoms in total. The fourth-order valence-electron chi connectivity index (χ4n) is 3.96. The van der Waals surface area contributed by atoms with Crippen LogP contribution in [-0.2, 0) is 22.4 Å². The van der Waals surface area contributed by atoms with Crippen molar-refractivity contribution in [3.8, 4) is 5.75 Å². The third-order valence-corrected chi connectivity index (χ3v) is 6.68. The number of fused-ring (bicyclic) bond motifs is 1. The molecule has 2 N–H and O–H groups in total. The Balaban J connectivity index is 1.56. The molecule has 1 saturated heterocycles. The summed E-state index contributed by atoms with van der Waals surface area (Å²) in [4.78, 5) is 29.2. The van der Waals surface area contributed by atoms with Crippen LogP contribution >= 0.6 is 11.3 Å². The van der Waals surface area contributed by atoms with Crippen molar-refractivity contribution in [1.29, 1.82) is 0 Å². The van der Waals surface area contributed by atoms with Crippen LogP contribution in [0.2, 0.25) is 0 Å². The van der Waals surface area contributed by atoms with E-state index in [9.17, 15) is 9.59 Å². The van der Waals surface area contributed by atoms with Gasteiger partial charge in [-0.1, -0.05) is 12.1 Å². The average molecular weight is 430 g/mol. The quantitative estimate of drug-likeness (QED) is 0.737. The Morgan fingerprint density at radius 3 is 2.70 bits per heavy atom. The van der Waals surface area contributed by atoms with Crippen LogP contribution in [0.15, 0.2) is 24.3 Å². The van der Waals surface area contributed by atoms with Crippen LogP contribution in [-0.4, -0.2) is 56.7 Å². The molecule has 1 aromatic heterocycles. The molecule has 1 aliphatic carbocycles. The normalized spacial score (nSPS) is 16.6. The van der Waals surface area contributed by atoms with E-state index in [0.717, 1.165) is 44.3 Å². The Labute approximate surface area is 180 Å². The first-order valence-corrected chi connectivity index (χ1v) is 11.2. The van der Waals surface area contributed by atoms with Crippen LogP contribution in [0.5, 0.6) is 5.75 Å². The smallest absolute Gasteiger partial charge is 0.259 e. The molecule has 0 bridgehead atoms. The van der Waals surface area contributed by atoms with Gasteiger partial charge < -0.3 is 20.1 Å². The number of anilines is 2. The van der Waals surface area contributed by atoms with Gasteiger partial charge in [0.2, 0.25) is 5.91 Å². The lowest BCUT2D eigenvalue weighted by Crippen LogP contribution is -2.41. The summed E-state index contributed by atoms with van der Waals surface area (Å²) in [5.74, 6) is 0.301. The van der Waals surface area contributed by atoms with E-state index in [1.807, 2.05) is 24.3 Å². The highest BCUT2D eigenvalue weighted by Crippen LogP contribution is 2.39. The lowest BCUT2D eigenvalue weighted by Gasteiger charge is -2.25. The van der Waals surface area contributed by atoms with Gasteiger partial charge in [-0.2, -0.15) is 0 Å². The second kappa shape index (κ2) is 9.59. The van der Waals surface area contributed by atoms with Gasteiger partial charge in [0.05, 0.1) is 38.1 Å². The zero-order valence-corrected chi connectivity index (χ0v) is 18.0. The molecule has 30 heavy (non-hydrogen) atoms. The molecule has 1 fully saturated rings. The fraction of sp³-hybridized carbons (Fsp3) is 0.455. The maximum Gasteiger partial charge on any atom is 0.259 e. The molecular formula is C22H27N3O4S. The van der Waals surface area contributed by atoms with Crippen molar-refractivity contribution in [2.45, 2.75) is 25.7 Å². The zero-order valence-electron chi connectivity index (χ0n) is 17.2. The number of carbonyl (C=O) groups excluding carboxylic acids is 2. The molecule has 1 aliphatic heterocycles. The molecule has 2 aliphatic rings. The molecule has 8 heteroatoms. The minimum atomic E-state index is -0.208. The van der Waals surface area contributed by atoms with Crippen molar-refractivity contribution in [2.75, 3.05) is 50.6 Å². The van der Waals surface area contributed by atoms with Crippen LogP contribution in [0.1, 0.15) is 33.6 Å². The molecule has 0 unspecified atom stereocenters. The molecule has 0 atom stereocenters. The number of ether oxygens (including phenoxy) is 2. The molecule has 2 heterocycles. The summed E-state index contributed by atoms with van der Waals surface area (Å²) in [5, 5.41) is 6.63. The number of rotatable bonds is 6. The van der Waals surface area contributed by atoms with E-state index in [-0.39, 0.29) is 11.8 Å². The van der Waals surface area contributed by atoms with Crippen molar-refractivity contribution < 1.29 is 19.1 Å². The first-order chi connectivity index (χ1) is 14.7. The van der Waals surface area contributed by atoms with Crippen LogP contribution in [0.3, 0.4) is 0 Å². The van der Waals surface area contributed by atoms with E-state index in [4.69, 9.17) is 9.47 Å². The summed E-state index contributed by atoms with van der Waals surface area (Å²) in [7, 11) is 1.58. The second-order valence-electron chi connectivity index (χ2n) is 7.51. The zero-order chi connectivity index (χ0) is 20.9. The predicted octanol–water partition coefficient (Wildman–Crippen LogP) is 3.16. The molecule has 0 spiro atoms. The van der Waals surface area contributed by atoms with Gasteiger partial charge in [-0.3, -0.25) is 14.5 Å². The number of carbonyl (C=O) groups is 2. The summed E-state index contributed by atoms with van der Waals surface area (Å²) in [6, 6.07) is 7.33. The predicted molar refractivity (Wildman–Crippen MR) is 118 cm³/mol. The Morgan fingerprint density at radius 1 is 1.13 bits per heavy atom. The summed E-state index contributed by atoms with van der Waals surface area (Å²) < 4.78 is 10.7. The molecule has 4 rings (SSSR count). The Morgan fingerprint density at radius 2 is 1.90 bits per heavy atom. The maximum absolute atomic E-state index is 13.3. The number of thiophene rings is 1. The molecular weight excluding hydrogens is 402 g/mol. The number of morpholine rings is 1. The number of methoxy groups -OCH3 is 1. The number of benzene rings is 1. The van der Waals surface area contributed by atoms with Crippen molar-refractivity contribution in [1.82, 2.24) is 4.90 Å². The summed E-state index contributed by atoms with van der Waals surface area (Å²) in [6.45, 7) is 3.09. The highest BCUT2D eigenvalue weighted by atomic mass is 32.1. The van der Waals surface area contributed by atoms with Gasteiger partial charge in [0.1, 0.15) is 10.8 Å². The minimum absolute atomic E-state index is 0.0955. The topological polar surface area (TPSA) is 79.9 Å². The van der Waals surface area contributed by atoms with E-state index < -0.39 is 0 Å². The van der Waals surface area contributed by atoms with Gasteiger partial charge in [0.15, 0.2) is 0 Å². The van der Waals surface area contributed by atoms with Crippen LogP contribution in [0.25, 0.3) is 0 Å². The van der Waals surface area contributed by atoms with Gasteiger partial charge in [-0.05, 0) is 43.4 Å². The van der Waals surface area contributed by atoms with Crippen LogP contribution in [0, 0.1) is 0 Å². The summed E-state index contributed by atoms with van der Waals surface area (Å²) >= 11 is 1.53. The highest BCUT2D eigenvalue weighted by molar-refractivity contribution is 7.17. The van der Waals surface area contributed by atoms with E-state index in [1.54, 1.807) is 7.11 Å². The van der Waals surface area contributed by atoms with E-state index in [2.05, 4.69) is 15.5 Å². The number of aryl methyl sites for hydroxylation is 1. The van der Waals surface area contributed by atoms with Gasteiger partial charge in [-0.15, -0.1) is 11.3 Å². The number of hydrogen-bond acceptors (Lipinski definition) is 6. The number of para-hydroxylation sites is 2. The minimum Gasteiger partial charge on any atom is -0.495 e. The lowest BCUT2D eigenvalue weighted by molar-refractivity contribution is -0.118. The number of nitrogens with one attached hydrogen (secondary N) is 2. The fourth-order valence-corrected chi connectivity index (χ4v) is 5.26. The molecule has 1 aromatic carbocycles. The number of amides is 2. The monoisotopic (exact) mass is 429 g/mol. The van der Waals surface area contributed by atoms with E-state index in [0.29, 0.717) is 41.8 Å². The van der Waals surface area contributed by atoms with E-state index in [1.165, 1.54) is 16.2 Å².